The van der Waals surface area contributed by atoms with Gasteiger partial charge >= 0.3 is 0 Å². The van der Waals surface area contributed by atoms with E-state index in [0.29, 0.717) is 48.7 Å². The van der Waals surface area contributed by atoms with Gasteiger partial charge in [-0.25, -0.2) is 18.4 Å². The first-order valence-electron chi connectivity index (χ1n) is 11.4. The van der Waals surface area contributed by atoms with Crippen LogP contribution in [0.3, 0.4) is 0 Å². The van der Waals surface area contributed by atoms with Gasteiger partial charge in [-0.3, -0.25) is 4.79 Å². The van der Waals surface area contributed by atoms with Gasteiger partial charge in [0, 0.05) is 35.6 Å². The van der Waals surface area contributed by atoms with Gasteiger partial charge in [0.25, 0.3) is 0 Å². The van der Waals surface area contributed by atoms with Gasteiger partial charge in [0.2, 0.25) is 21.9 Å². The first kappa shape index (κ1) is 27.3. The van der Waals surface area contributed by atoms with Gasteiger partial charge in [-0.05, 0) is 54.6 Å². The van der Waals surface area contributed by atoms with E-state index in [4.69, 9.17) is 4.74 Å². The van der Waals surface area contributed by atoms with Crippen molar-refractivity contribution in [3.05, 3.63) is 73.4 Å². The molecule has 0 radical (unpaired) electrons. The van der Waals surface area contributed by atoms with E-state index in [0.717, 1.165) is 4.90 Å². The van der Waals surface area contributed by atoms with Crippen LogP contribution in [0.25, 0.3) is 0 Å². The molecule has 1 saturated heterocycles. The molecule has 0 spiro atoms. The van der Waals surface area contributed by atoms with Crippen molar-refractivity contribution in [1.29, 1.82) is 0 Å². The van der Waals surface area contributed by atoms with E-state index in [1.165, 1.54) is 22.1 Å². The molecule has 9 nitrogen and oxygen atoms in total. The van der Waals surface area contributed by atoms with Crippen LogP contribution >= 0.6 is 11.8 Å². The summed E-state index contributed by atoms with van der Waals surface area (Å²) in [6.07, 6.45) is 2.84. The zero-order valence-corrected chi connectivity index (χ0v) is 21.8. The number of benzene rings is 2. The van der Waals surface area contributed by atoms with Gasteiger partial charge in [-0.2, -0.15) is 4.31 Å². The summed E-state index contributed by atoms with van der Waals surface area (Å²) in [7, 11) is -3.60. The van der Waals surface area contributed by atoms with Gasteiger partial charge in [0.15, 0.2) is 0 Å². The first-order valence-corrected chi connectivity index (χ1v) is 13.7. The maximum atomic E-state index is 12.9. The zero-order chi connectivity index (χ0) is 26.0. The van der Waals surface area contributed by atoms with Crippen molar-refractivity contribution < 1.29 is 17.9 Å². The average Bonchev–Trinajstić information content (AvgIpc) is 2.92. The Morgan fingerprint density at radius 1 is 1.08 bits per heavy atom. The Labute approximate surface area is 216 Å². The molecule has 3 aromatic rings. The Bertz CT molecular complexity index is 1280. The molecular weight excluding hydrogens is 498 g/mol. The molecule has 36 heavy (non-hydrogen) atoms. The minimum Gasteiger partial charge on any atom is -0.379 e. The lowest BCUT2D eigenvalue weighted by molar-refractivity contribution is -0.111. The van der Waals surface area contributed by atoms with Gasteiger partial charge < -0.3 is 15.4 Å². The lowest BCUT2D eigenvalue weighted by Crippen LogP contribution is -2.40. The number of nitrogens with one attached hydrogen (secondary N) is 2. The van der Waals surface area contributed by atoms with E-state index in [9.17, 15) is 13.2 Å². The smallest absolute Gasteiger partial charge is 0.247 e. The minimum atomic E-state index is -3.60. The number of rotatable bonds is 8. The SMILES string of the molecule is C=CC(=O)Nc1ccc(Sc2ccnc(Nc3cccc(S(=O)(=O)N4CCOCC4)c3)n2)cc1.CC. The highest BCUT2D eigenvalue weighted by Crippen LogP contribution is 2.28. The van der Waals surface area contributed by atoms with Crippen LogP contribution in [-0.2, 0) is 19.6 Å². The molecule has 4 rings (SSSR count). The molecule has 1 amide bonds. The van der Waals surface area contributed by atoms with Crippen LogP contribution in [0, 0.1) is 0 Å². The number of nitrogens with zero attached hydrogens (tertiary/aromatic N) is 3. The van der Waals surface area contributed by atoms with Crippen molar-refractivity contribution in [3.63, 3.8) is 0 Å². The number of morpholine rings is 1. The average molecular weight is 528 g/mol. The molecule has 0 aliphatic carbocycles. The van der Waals surface area contributed by atoms with Crippen molar-refractivity contribution in [2.45, 2.75) is 28.7 Å². The van der Waals surface area contributed by atoms with E-state index in [-0.39, 0.29) is 10.8 Å². The highest BCUT2D eigenvalue weighted by Gasteiger charge is 2.26. The highest BCUT2D eigenvalue weighted by atomic mass is 32.2. The van der Waals surface area contributed by atoms with E-state index in [1.807, 2.05) is 26.0 Å². The Balaban J connectivity index is 0.00000176. The number of carbonyl (C=O) groups excluding carboxylic acids is 1. The molecule has 1 aromatic heterocycles. The normalized spacial score (nSPS) is 13.7. The maximum absolute atomic E-state index is 12.9. The summed E-state index contributed by atoms with van der Waals surface area (Å²) in [4.78, 5) is 21.3. The second-order valence-electron chi connectivity index (χ2n) is 7.21. The van der Waals surface area contributed by atoms with Crippen molar-refractivity contribution >= 4 is 45.0 Å². The third-order valence-corrected chi connectivity index (χ3v) is 7.70. The Hall–Kier alpha value is -3.25. The molecule has 1 aliphatic rings. The molecule has 0 atom stereocenters. The van der Waals surface area contributed by atoms with E-state index in [1.54, 1.807) is 48.7 Å². The minimum absolute atomic E-state index is 0.202. The second-order valence-corrected chi connectivity index (χ2v) is 10.2. The molecule has 1 fully saturated rings. The number of carbonyl (C=O) groups is 1. The molecule has 0 bridgehead atoms. The molecule has 1 aliphatic heterocycles. The van der Waals surface area contributed by atoms with Gasteiger partial charge in [-0.1, -0.05) is 38.3 Å². The fourth-order valence-electron chi connectivity index (χ4n) is 3.18. The number of ether oxygens (including phenoxy) is 1. The Kier molecular flexibility index (Phi) is 10.00. The first-order chi connectivity index (χ1) is 17.4. The molecule has 0 unspecified atom stereocenters. The zero-order valence-electron chi connectivity index (χ0n) is 20.2. The van der Waals surface area contributed by atoms with Gasteiger partial charge in [-0.15, -0.1) is 0 Å². The van der Waals surface area contributed by atoms with Crippen molar-refractivity contribution in [3.8, 4) is 0 Å². The van der Waals surface area contributed by atoms with Crippen LogP contribution in [-0.4, -0.2) is 54.9 Å². The van der Waals surface area contributed by atoms with Crippen molar-refractivity contribution in [1.82, 2.24) is 14.3 Å². The Morgan fingerprint density at radius 3 is 2.50 bits per heavy atom. The molecular formula is C25H29N5O4S2. The summed E-state index contributed by atoms with van der Waals surface area (Å²) in [6.45, 7) is 8.89. The largest absolute Gasteiger partial charge is 0.379 e. The van der Waals surface area contributed by atoms with Crippen LogP contribution in [0.4, 0.5) is 17.3 Å². The number of hydrogen-bond donors (Lipinski definition) is 2. The van der Waals surface area contributed by atoms with E-state index >= 15 is 0 Å². The van der Waals surface area contributed by atoms with Crippen LogP contribution in [0.2, 0.25) is 0 Å². The number of hydrogen-bond acceptors (Lipinski definition) is 8. The number of amides is 1. The molecule has 11 heteroatoms. The van der Waals surface area contributed by atoms with Crippen LogP contribution in [0.15, 0.2) is 88.3 Å². The third-order valence-electron chi connectivity index (χ3n) is 4.86. The van der Waals surface area contributed by atoms with Crippen molar-refractivity contribution in [2.75, 3.05) is 36.9 Å². The third kappa shape index (κ3) is 7.37. The summed E-state index contributed by atoms with van der Waals surface area (Å²) in [5.41, 5.74) is 1.24. The lowest BCUT2D eigenvalue weighted by Gasteiger charge is -2.26. The topological polar surface area (TPSA) is 114 Å². The van der Waals surface area contributed by atoms with E-state index < -0.39 is 10.0 Å². The quantitative estimate of drug-likeness (QED) is 0.324. The van der Waals surface area contributed by atoms with Crippen LogP contribution in [0.1, 0.15) is 13.8 Å². The highest BCUT2D eigenvalue weighted by molar-refractivity contribution is 7.99. The summed E-state index contributed by atoms with van der Waals surface area (Å²) < 4.78 is 32.5. The standard InChI is InChI=1S/C23H23N5O4S2.C2H6/c1-2-21(29)25-17-6-8-19(9-7-17)33-22-10-11-24-23(27-22)26-18-4-3-5-20(16-18)34(30,31)28-12-14-32-15-13-28;1-2/h2-11,16H,1,12-15H2,(H,25,29)(H,24,26,27);1-2H3. The van der Waals surface area contributed by atoms with Crippen molar-refractivity contribution in [2.24, 2.45) is 0 Å². The summed E-state index contributed by atoms with van der Waals surface area (Å²) >= 11 is 1.43. The van der Waals surface area contributed by atoms with Gasteiger partial charge in [0.1, 0.15) is 5.03 Å². The summed E-state index contributed by atoms with van der Waals surface area (Å²) in [6, 6.07) is 15.7. The molecule has 190 valence electrons. The predicted octanol–water partition coefficient (Wildman–Crippen LogP) is 4.54. The summed E-state index contributed by atoms with van der Waals surface area (Å²) in [5, 5.41) is 6.49. The number of anilines is 3. The summed E-state index contributed by atoms with van der Waals surface area (Å²) in [5.74, 6) is 0.0783. The maximum Gasteiger partial charge on any atom is 0.247 e. The number of aromatic nitrogens is 2. The fourth-order valence-corrected chi connectivity index (χ4v) is 5.41. The molecule has 2 aromatic carbocycles. The Morgan fingerprint density at radius 2 is 1.81 bits per heavy atom. The molecule has 2 N–H and O–H groups in total. The van der Waals surface area contributed by atoms with E-state index in [2.05, 4.69) is 27.2 Å². The fraction of sp³-hybridized carbons (Fsp3) is 0.240. The number of sulfonamides is 1. The lowest BCUT2D eigenvalue weighted by atomic mass is 10.3. The predicted molar refractivity (Wildman–Crippen MR) is 142 cm³/mol. The molecule has 2 heterocycles. The van der Waals surface area contributed by atoms with Crippen LogP contribution < -0.4 is 10.6 Å². The second kappa shape index (κ2) is 13.2. The van der Waals surface area contributed by atoms with Gasteiger partial charge in [0.05, 0.1) is 18.1 Å². The monoisotopic (exact) mass is 527 g/mol. The van der Waals surface area contributed by atoms with Crippen LogP contribution in [0.5, 0.6) is 0 Å². The molecule has 0 saturated carbocycles.